The summed E-state index contributed by atoms with van der Waals surface area (Å²) in [4.78, 5) is 16.6. The van der Waals surface area contributed by atoms with Gasteiger partial charge in [0.15, 0.2) is 11.3 Å². The van der Waals surface area contributed by atoms with E-state index >= 15 is 0 Å². The van der Waals surface area contributed by atoms with Gasteiger partial charge >= 0.3 is 0 Å². The van der Waals surface area contributed by atoms with Crippen LogP contribution in [0.25, 0.3) is 40.3 Å². The van der Waals surface area contributed by atoms with E-state index in [9.17, 15) is 0 Å². The number of benzene rings is 2. The molecule has 6 aromatic rings. The minimum absolute atomic E-state index is 0.435. The quantitative estimate of drug-likeness (QED) is 0.170. The number of anilines is 2. The van der Waals surface area contributed by atoms with Crippen molar-refractivity contribution in [2.24, 2.45) is 0 Å². The summed E-state index contributed by atoms with van der Waals surface area (Å²) in [5, 5.41) is 12.3. The van der Waals surface area contributed by atoms with Crippen LogP contribution in [0.3, 0.4) is 0 Å². The molecule has 8 rings (SSSR count). The topological polar surface area (TPSA) is 139 Å². The molecule has 2 aliphatic carbocycles. The average molecular weight is 751 g/mol. The third-order valence-electron chi connectivity index (χ3n) is 7.14. The van der Waals surface area contributed by atoms with Crippen molar-refractivity contribution in [1.82, 2.24) is 39.5 Å². The summed E-state index contributed by atoms with van der Waals surface area (Å²) in [5.41, 5.74) is 16.0. The van der Waals surface area contributed by atoms with Gasteiger partial charge in [-0.2, -0.15) is 10.2 Å². The number of hydrogen-bond donors (Lipinski definition) is 2. The lowest BCUT2D eigenvalue weighted by molar-refractivity contribution is 0.656. The van der Waals surface area contributed by atoms with Crippen molar-refractivity contribution in [2.75, 3.05) is 11.5 Å². The van der Waals surface area contributed by atoms with Crippen molar-refractivity contribution in [3.8, 4) is 0 Å². The molecule has 2 aliphatic rings. The van der Waals surface area contributed by atoms with Gasteiger partial charge in [0.25, 0.3) is 0 Å². The van der Waals surface area contributed by atoms with Crippen LogP contribution in [0.4, 0.5) is 11.6 Å². The van der Waals surface area contributed by atoms with Crippen LogP contribution in [0, 0.1) is 3.57 Å². The van der Waals surface area contributed by atoms with Gasteiger partial charge < -0.3 is 11.5 Å². The molecule has 0 unspecified atom stereocenters. The van der Waals surface area contributed by atoms with E-state index in [1.54, 1.807) is 6.08 Å². The van der Waals surface area contributed by atoms with Gasteiger partial charge in [-0.15, -0.1) is 0 Å². The van der Waals surface area contributed by atoms with Gasteiger partial charge in [0.05, 0.1) is 34.2 Å². The van der Waals surface area contributed by atoms with Gasteiger partial charge in [-0.05, 0) is 96.3 Å². The average Bonchev–Trinajstić information content (AvgIpc) is 3.97. The summed E-state index contributed by atoms with van der Waals surface area (Å²) in [5.74, 6) is 0.935. The summed E-state index contributed by atoms with van der Waals surface area (Å²) in [7, 11) is 0. The van der Waals surface area contributed by atoms with Gasteiger partial charge in [0.1, 0.15) is 24.3 Å². The number of nitrogens with two attached hydrogens (primary N) is 2. The van der Waals surface area contributed by atoms with Crippen molar-refractivity contribution in [3.63, 3.8) is 0 Å². The number of halogens is 3. The summed E-state index contributed by atoms with van der Waals surface area (Å²) in [6.45, 7) is 3.73. The summed E-state index contributed by atoms with van der Waals surface area (Å²) >= 11 is 13.9. The summed E-state index contributed by atoms with van der Waals surface area (Å²) in [6.07, 6.45) is 13.2. The van der Waals surface area contributed by atoms with E-state index in [1.165, 1.54) is 16.2 Å². The number of hydrogen-bond acceptors (Lipinski definition) is 8. The first-order valence-corrected chi connectivity index (χ1v) is 16.1. The fraction of sp³-hybridized carbons (Fsp3) is 0.188. The highest BCUT2D eigenvalue weighted by atomic mass is 127. The molecule has 0 atom stereocenters. The minimum Gasteiger partial charge on any atom is -0.383 e. The van der Waals surface area contributed by atoms with Gasteiger partial charge in [-0.1, -0.05) is 54.1 Å². The van der Waals surface area contributed by atoms with E-state index in [1.807, 2.05) is 70.0 Å². The second kappa shape index (κ2) is 13.5. The van der Waals surface area contributed by atoms with Crippen LogP contribution in [-0.4, -0.2) is 39.5 Å². The molecule has 228 valence electrons. The zero-order valence-corrected chi connectivity index (χ0v) is 27.7. The summed E-state index contributed by atoms with van der Waals surface area (Å²) in [6, 6.07) is 16.3. The number of rotatable bonds is 5. The van der Waals surface area contributed by atoms with Crippen LogP contribution < -0.4 is 11.5 Å². The number of fused-ring (bicyclic) bond motifs is 2. The van der Waals surface area contributed by atoms with Crippen molar-refractivity contribution in [3.05, 3.63) is 98.3 Å². The van der Waals surface area contributed by atoms with Crippen molar-refractivity contribution in [1.29, 1.82) is 0 Å². The molecule has 0 bridgehead atoms. The van der Waals surface area contributed by atoms with Crippen molar-refractivity contribution >= 4 is 97.7 Å². The highest BCUT2D eigenvalue weighted by molar-refractivity contribution is 14.1. The molecule has 2 saturated carbocycles. The van der Waals surface area contributed by atoms with Crippen LogP contribution in [0.15, 0.2) is 67.8 Å². The Balaban J connectivity index is 0.000000134. The maximum Gasteiger partial charge on any atom is 0.164 e. The normalized spacial score (nSPS) is 14.2. The highest BCUT2D eigenvalue weighted by Crippen LogP contribution is 2.39. The monoisotopic (exact) mass is 750 g/mol. The standard InChI is InChI=1S/C16H14ClN5.C10H11N5.C6H4ClI/c17-11-3-1-2-10(8-11)4-7-13-14-15(18)19-9-20-16(14)22(21-13)12-5-6-12;1-2-7-8-9(11)12-5-13-10(8)15(14-7)6-3-4-6;7-5-2-1-3-6(8)4-5/h1-4,7-9,12H,5-6H2,(H2,18,19,20);2,5-6H,1,3-4H2,(H2,11,12,13);1-4H/b7-4+;;. The lowest BCUT2D eigenvalue weighted by Gasteiger charge is -1.98. The van der Waals surface area contributed by atoms with Crippen molar-refractivity contribution in [2.45, 2.75) is 37.8 Å². The van der Waals surface area contributed by atoms with E-state index in [-0.39, 0.29) is 0 Å². The zero-order chi connectivity index (χ0) is 31.5. The second-order valence-corrected chi connectivity index (χ2v) is 12.7. The Bertz CT molecular complexity index is 2010. The zero-order valence-electron chi connectivity index (χ0n) is 24.1. The maximum absolute atomic E-state index is 6.02. The van der Waals surface area contributed by atoms with Crippen LogP contribution >= 0.6 is 45.8 Å². The molecule has 2 aromatic carbocycles. The molecule has 0 aliphatic heterocycles. The Morgan fingerprint density at radius 2 is 1.27 bits per heavy atom. The molecular weight excluding hydrogens is 722 g/mol. The number of nitrogen functional groups attached to an aromatic ring is 2. The predicted octanol–water partition coefficient (Wildman–Crippen LogP) is 7.90. The van der Waals surface area contributed by atoms with E-state index in [2.05, 4.69) is 59.3 Å². The first-order valence-electron chi connectivity index (χ1n) is 14.3. The molecule has 2 fully saturated rings. The van der Waals surface area contributed by atoms with Crippen LogP contribution in [-0.2, 0) is 0 Å². The Labute approximate surface area is 283 Å². The van der Waals surface area contributed by atoms with E-state index in [0.29, 0.717) is 28.7 Å². The first kappa shape index (κ1) is 30.9. The maximum atomic E-state index is 6.02. The third kappa shape index (κ3) is 7.26. The van der Waals surface area contributed by atoms with Crippen LogP contribution in [0.2, 0.25) is 10.0 Å². The molecule has 4 N–H and O–H groups in total. The third-order valence-corrected chi connectivity index (χ3v) is 8.28. The van der Waals surface area contributed by atoms with E-state index < -0.39 is 0 Å². The van der Waals surface area contributed by atoms with Gasteiger partial charge in [-0.3, -0.25) is 0 Å². The second-order valence-electron chi connectivity index (χ2n) is 10.6. The SMILES string of the molecule is C=Cc1nn(C2CC2)c2ncnc(N)c12.Clc1cccc(I)c1.Nc1ncnc2c1c(/C=C/c1cccc(Cl)c1)nn2C1CC1. The van der Waals surface area contributed by atoms with Crippen molar-refractivity contribution < 1.29 is 0 Å². The number of nitrogens with zero attached hydrogens (tertiary/aromatic N) is 8. The van der Waals surface area contributed by atoms with Crippen LogP contribution in [0.1, 0.15) is 54.7 Å². The molecule has 0 saturated heterocycles. The molecule has 4 aromatic heterocycles. The van der Waals surface area contributed by atoms with Gasteiger partial charge in [0.2, 0.25) is 0 Å². The van der Waals surface area contributed by atoms with E-state index in [0.717, 1.165) is 69.7 Å². The Kier molecular flexibility index (Phi) is 9.29. The molecular formula is C32H29Cl2IN10. The molecule has 45 heavy (non-hydrogen) atoms. The lowest BCUT2D eigenvalue weighted by atomic mass is 10.2. The largest absolute Gasteiger partial charge is 0.383 e. The Morgan fingerprint density at radius 1 is 0.733 bits per heavy atom. The molecule has 0 amide bonds. The molecule has 0 spiro atoms. The molecule has 10 nitrogen and oxygen atoms in total. The fourth-order valence-electron chi connectivity index (χ4n) is 4.70. The number of aromatic nitrogens is 8. The van der Waals surface area contributed by atoms with E-state index in [4.69, 9.17) is 34.7 Å². The molecule has 4 heterocycles. The Hall–Kier alpha value is -4.07. The first-order chi connectivity index (χ1) is 21.8. The van der Waals surface area contributed by atoms with Gasteiger partial charge in [-0.25, -0.2) is 29.3 Å². The Morgan fingerprint density at radius 3 is 1.76 bits per heavy atom. The molecule has 13 heteroatoms. The lowest BCUT2D eigenvalue weighted by Crippen LogP contribution is -1.98. The smallest absolute Gasteiger partial charge is 0.164 e. The minimum atomic E-state index is 0.435. The predicted molar refractivity (Wildman–Crippen MR) is 191 cm³/mol. The highest BCUT2D eigenvalue weighted by Gasteiger charge is 2.29. The van der Waals surface area contributed by atoms with Gasteiger partial charge in [0, 0.05) is 13.6 Å². The van der Waals surface area contributed by atoms with Crippen LogP contribution in [0.5, 0.6) is 0 Å². The summed E-state index contributed by atoms with van der Waals surface area (Å²) < 4.78 is 5.07. The fourth-order valence-corrected chi connectivity index (χ4v) is 5.81. The molecule has 0 radical (unpaired) electrons.